The van der Waals surface area contributed by atoms with Gasteiger partial charge in [0.15, 0.2) is 0 Å². The number of benzene rings is 2. The Hall–Kier alpha value is -3.03. The summed E-state index contributed by atoms with van der Waals surface area (Å²) >= 11 is 0. The minimum Gasteiger partial charge on any atom is -0.381 e. The van der Waals surface area contributed by atoms with Crippen LogP contribution < -0.4 is 0 Å². The monoisotopic (exact) mass is 476 g/mol. The van der Waals surface area contributed by atoms with Crippen LogP contribution in [0.25, 0.3) is 0 Å². The average molecular weight is 477 g/mol. The minimum atomic E-state index is -0.230. The van der Waals surface area contributed by atoms with E-state index in [2.05, 4.69) is 38.4 Å². The zero-order valence-corrected chi connectivity index (χ0v) is 20.2. The largest absolute Gasteiger partial charge is 0.381 e. The fourth-order valence-corrected chi connectivity index (χ4v) is 5.32. The van der Waals surface area contributed by atoms with E-state index in [1.807, 2.05) is 42.9 Å². The molecule has 0 bridgehead atoms. The highest BCUT2D eigenvalue weighted by Gasteiger charge is 2.35. The molecular weight excluding hydrogens is 443 g/mol. The number of carbonyl (C=O) groups excluding carboxylic acids is 1. The highest BCUT2D eigenvalue weighted by atomic mass is 19.1. The molecule has 184 valence electrons. The lowest BCUT2D eigenvalue weighted by Crippen LogP contribution is -2.52. The van der Waals surface area contributed by atoms with E-state index < -0.39 is 0 Å². The molecule has 2 aliphatic rings. The lowest BCUT2D eigenvalue weighted by Gasteiger charge is -2.43. The average Bonchev–Trinajstić information content (AvgIpc) is 3.37. The molecule has 0 aliphatic carbocycles. The minimum absolute atomic E-state index is 0.0196. The standard InChI is InChI=1S/C28H33FN4O2/c1-21(22-7-9-25(29)10-8-22)33-20-30-17-26(33)18-31-13-14-32(28(34)24-11-15-35-16-12-24)27(19-31)23-5-3-2-4-6-23/h2-10,17,20-21,24,27H,11-16,18-19H2,1H3/t21-,27?/m1/s1. The number of hydrogen-bond donors (Lipinski definition) is 0. The van der Waals surface area contributed by atoms with Gasteiger partial charge in [0.1, 0.15) is 5.82 Å². The maximum Gasteiger partial charge on any atom is 0.226 e. The fraction of sp³-hybridized carbons (Fsp3) is 0.429. The van der Waals surface area contributed by atoms with Crippen LogP contribution in [0, 0.1) is 11.7 Å². The van der Waals surface area contributed by atoms with Gasteiger partial charge in [-0.3, -0.25) is 9.69 Å². The quantitative estimate of drug-likeness (QED) is 0.528. The van der Waals surface area contributed by atoms with Crippen LogP contribution in [0.1, 0.15) is 48.7 Å². The summed E-state index contributed by atoms with van der Waals surface area (Å²) in [6.07, 6.45) is 5.38. The number of nitrogens with zero attached hydrogens (tertiary/aromatic N) is 4. The Morgan fingerprint density at radius 3 is 2.57 bits per heavy atom. The van der Waals surface area contributed by atoms with E-state index in [9.17, 15) is 9.18 Å². The van der Waals surface area contributed by atoms with Crippen molar-refractivity contribution in [2.24, 2.45) is 5.92 Å². The van der Waals surface area contributed by atoms with Crippen LogP contribution in [-0.2, 0) is 16.1 Å². The Morgan fingerprint density at radius 2 is 1.83 bits per heavy atom. The molecule has 2 aliphatic heterocycles. The highest BCUT2D eigenvalue weighted by molar-refractivity contribution is 5.79. The van der Waals surface area contributed by atoms with Crippen molar-refractivity contribution in [2.45, 2.75) is 38.4 Å². The van der Waals surface area contributed by atoms with Gasteiger partial charge in [0.2, 0.25) is 5.91 Å². The third-order valence-electron chi connectivity index (χ3n) is 7.40. The Bertz CT molecular complexity index is 1110. The van der Waals surface area contributed by atoms with Gasteiger partial charge in [-0.1, -0.05) is 42.5 Å². The molecule has 2 saturated heterocycles. The maximum absolute atomic E-state index is 13.5. The van der Waals surface area contributed by atoms with E-state index in [0.717, 1.165) is 43.7 Å². The number of piperazine rings is 1. The van der Waals surface area contributed by atoms with Crippen LogP contribution in [0.3, 0.4) is 0 Å². The van der Waals surface area contributed by atoms with E-state index in [1.54, 1.807) is 0 Å². The Labute approximate surface area is 206 Å². The lowest BCUT2D eigenvalue weighted by molar-refractivity contribution is -0.144. The number of ether oxygens (including phenoxy) is 1. The molecule has 2 aromatic carbocycles. The van der Waals surface area contributed by atoms with Gasteiger partial charge in [-0.2, -0.15) is 0 Å². The van der Waals surface area contributed by atoms with Gasteiger partial charge in [0, 0.05) is 51.5 Å². The second kappa shape index (κ2) is 10.7. The molecular formula is C28H33FN4O2. The molecule has 3 heterocycles. The molecule has 6 nitrogen and oxygen atoms in total. The smallest absolute Gasteiger partial charge is 0.226 e. The summed E-state index contributed by atoms with van der Waals surface area (Å²) < 4.78 is 21.0. The van der Waals surface area contributed by atoms with Gasteiger partial charge in [0.05, 0.1) is 24.1 Å². The Balaban J connectivity index is 1.33. The van der Waals surface area contributed by atoms with Gasteiger partial charge < -0.3 is 14.2 Å². The first-order valence-corrected chi connectivity index (χ1v) is 12.5. The summed E-state index contributed by atoms with van der Waals surface area (Å²) in [5, 5.41) is 0. The first kappa shape index (κ1) is 23.7. The van der Waals surface area contributed by atoms with E-state index in [-0.39, 0.29) is 29.7 Å². The maximum atomic E-state index is 13.5. The van der Waals surface area contributed by atoms with E-state index in [0.29, 0.717) is 19.8 Å². The number of hydrogen-bond acceptors (Lipinski definition) is 4. The SMILES string of the molecule is C[C@H](c1ccc(F)cc1)n1cncc1CN1CCN(C(=O)C2CCOCC2)C(c2ccccc2)C1. The van der Waals surface area contributed by atoms with Gasteiger partial charge in [-0.05, 0) is 43.0 Å². The van der Waals surface area contributed by atoms with Crippen LogP contribution >= 0.6 is 0 Å². The van der Waals surface area contributed by atoms with Crippen LogP contribution in [0.4, 0.5) is 4.39 Å². The van der Waals surface area contributed by atoms with Crippen molar-refractivity contribution in [1.82, 2.24) is 19.4 Å². The number of carbonyl (C=O) groups is 1. The van der Waals surface area contributed by atoms with Gasteiger partial charge in [-0.15, -0.1) is 0 Å². The second-order valence-corrected chi connectivity index (χ2v) is 9.60. The van der Waals surface area contributed by atoms with Crippen LogP contribution in [0.2, 0.25) is 0 Å². The number of imidazole rings is 1. The van der Waals surface area contributed by atoms with Crippen molar-refractivity contribution in [3.05, 3.63) is 89.8 Å². The number of aromatic nitrogens is 2. The summed E-state index contributed by atoms with van der Waals surface area (Å²) in [7, 11) is 0. The van der Waals surface area contributed by atoms with Gasteiger partial charge in [0.25, 0.3) is 0 Å². The van der Waals surface area contributed by atoms with Crippen LogP contribution in [0.5, 0.6) is 0 Å². The molecule has 1 aromatic heterocycles. The molecule has 3 aromatic rings. The predicted molar refractivity (Wildman–Crippen MR) is 132 cm³/mol. The summed E-state index contributed by atoms with van der Waals surface area (Å²) in [5.74, 6) is 0.0863. The molecule has 2 atom stereocenters. The predicted octanol–water partition coefficient (Wildman–Crippen LogP) is 4.44. The zero-order chi connectivity index (χ0) is 24.2. The van der Waals surface area contributed by atoms with Crippen molar-refractivity contribution in [1.29, 1.82) is 0 Å². The number of rotatable bonds is 6. The normalized spacial score (nSPS) is 20.6. The molecule has 1 amide bonds. The first-order valence-electron chi connectivity index (χ1n) is 12.5. The molecule has 1 unspecified atom stereocenters. The van der Waals surface area contributed by atoms with Crippen molar-refractivity contribution in [2.75, 3.05) is 32.8 Å². The summed E-state index contributed by atoms with van der Waals surface area (Å²) in [5.41, 5.74) is 3.32. The lowest BCUT2D eigenvalue weighted by atomic mass is 9.95. The van der Waals surface area contributed by atoms with Crippen molar-refractivity contribution < 1.29 is 13.9 Å². The Kier molecular flexibility index (Phi) is 7.25. The molecule has 35 heavy (non-hydrogen) atoms. The molecule has 0 saturated carbocycles. The molecule has 0 radical (unpaired) electrons. The molecule has 7 heteroatoms. The molecule has 5 rings (SSSR count). The van der Waals surface area contributed by atoms with Crippen LogP contribution in [-0.4, -0.2) is 58.1 Å². The fourth-order valence-electron chi connectivity index (χ4n) is 5.32. The third-order valence-corrected chi connectivity index (χ3v) is 7.40. The molecule has 2 fully saturated rings. The Morgan fingerprint density at radius 1 is 1.09 bits per heavy atom. The van der Waals surface area contributed by atoms with Crippen molar-refractivity contribution in [3.63, 3.8) is 0 Å². The van der Waals surface area contributed by atoms with E-state index >= 15 is 0 Å². The van der Waals surface area contributed by atoms with E-state index in [1.165, 1.54) is 17.7 Å². The molecule has 0 spiro atoms. The topological polar surface area (TPSA) is 50.6 Å². The van der Waals surface area contributed by atoms with E-state index in [4.69, 9.17) is 4.74 Å². The van der Waals surface area contributed by atoms with Crippen molar-refractivity contribution in [3.8, 4) is 0 Å². The first-order chi connectivity index (χ1) is 17.1. The van der Waals surface area contributed by atoms with Gasteiger partial charge in [-0.25, -0.2) is 9.37 Å². The highest BCUT2D eigenvalue weighted by Crippen LogP contribution is 2.30. The van der Waals surface area contributed by atoms with Crippen LogP contribution in [0.15, 0.2) is 67.1 Å². The molecule has 0 N–H and O–H groups in total. The summed E-state index contributed by atoms with van der Waals surface area (Å²) in [4.78, 5) is 22.4. The summed E-state index contributed by atoms with van der Waals surface area (Å²) in [6.45, 7) is 6.48. The van der Waals surface area contributed by atoms with Crippen molar-refractivity contribution >= 4 is 5.91 Å². The third kappa shape index (κ3) is 5.31. The van der Waals surface area contributed by atoms with Gasteiger partial charge >= 0.3 is 0 Å². The second-order valence-electron chi connectivity index (χ2n) is 9.60. The number of halogens is 1. The zero-order valence-electron chi connectivity index (χ0n) is 20.2. The number of amides is 1. The summed E-state index contributed by atoms with van der Waals surface area (Å²) in [6, 6.07) is 17.1.